The van der Waals surface area contributed by atoms with Crippen LogP contribution in [0.15, 0.2) is 59.6 Å². The van der Waals surface area contributed by atoms with Gasteiger partial charge in [0.05, 0.1) is 11.4 Å². The van der Waals surface area contributed by atoms with Crippen LogP contribution >= 0.6 is 0 Å². The Kier molecular flexibility index (Phi) is 8.84. The van der Waals surface area contributed by atoms with Crippen LogP contribution in [0.5, 0.6) is 0 Å². The summed E-state index contributed by atoms with van der Waals surface area (Å²) in [6.45, 7) is 3.11. The number of alkyl halides is 3. The monoisotopic (exact) mass is 502 g/mol. The summed E-state index contributed by atoms with van der Waals surface area (Å²) in [5.41, 5.74) is 2.07. The van der Waals surface area contributed by atoms with Crippen LogP contribution in [-0.4, -0.2) is 48.4 Å². The molecule has 3 rings (SSSR count). The Morgan fingerprint density at radius 3 is 2.42 bits per heavy atom. The van der Waals surface area contributed by atoms with E-state index < -0.39 is 36.6 Å². The van der Waals surface area contributed by atoms with E-state index in [1.54, 1.807) is 48.5 Å². The quantitative estimate of drug-likeness (QED) is 0.544. The molecule has 0 aliphatic carbocycles. The number of para-hydroxylation sites is 1. The number of aliphatic imine (C=N–C) groups is 1. The van der Waals surface area contributed by atoms with Gasteiger partial charge in [-0.15, -0.1) is 0 Å². The van der Waals surface area contributed by atoms with Crippen LogP contribution in [0.1, 0.15) is 50.7 Å². The van der Waals surface area contributed by atoms with Crippen molar-refractivity contribution >= 4 is 29.1 Å². The van der Waals surface area contributed by atoms with Crippen molar-refractivity contribution in [2.45, 2.75) is 57.9 Å². The highest BCUT2D eigenvalue weighted by atomic mass is 19.4. The Morgan fingerprint density at radius 2 is 1.75 bits per heavy atom. The zero-order valence-electron chi connectivity index (χ0n) is 20.1. The molecule has 192 valence electrons. The van der Waals surface area contributed by atoms with Crippen LogP contribution in [0.2, 0.25) is 0 Å². The number of anilines is 1. The normalized spacial score (nSPS) is 16.5. The predicted octanol–water partition coefficient (Wildman–Crippen LogP) is 3.96. The number of hydrogen-bond donors (Lipinski definition) is 2. The Balaban J connectivity index is 1.98. The maximum Gasteiger partial charge on any atom is 0.389 e. The first kappa shape index (κ1) is 26.9. The first-order valence-corrected chi connectivity index (χ1v) is 11.8. The van der Waals surface area contributed by atoms with E-state index in [0.29, 0.717) is 28.9 Å². The van der Waals surface area contributed by atoms with Gasteiger partial charge in [-0.1, -0.05) is 55.5 Å². The molecule has 0 aromatic heterocycles. The van der Waals surface area contributed by atoms with Crippen LogP contribution in [0.25, 0.3) is 0 Å². The van der Waals surface area contributed by atoms with Gasteiger partial charge in [-0.25, -0.2) is 4.99 Å². The minimum Gasteiger partial charge on any atom is -0.345 e. The number of hydrogen-bond acceptors (Lipinski definition) is 4. The maximum atomic E-state index is 13.6. The second-order valence-electron chi connectivity index (χ2n) is 8.52. The molecule has 2 aromatic carbocycles. The summed E-state index contributed by atoms with van der Waals surface area (Å²) in [6, 6.07) is 14.9. The lowest BCUT2D eigenvalue weighted by Crippen LogP contribution is -2.53. The molecule has 1 heterocycles. The van der Waals surface area contributed by atoms with Gasteiger partial charge in [0.1, 0.15) is 6.04 Å². The van der Waals surface area contributed by atoms with E-state index in [0.717, 1.165) is 0 Å². The van der Waals surface area contributed by atoms with Crippen molar-refractivity contribution in [2.75, 3.05) is 11.4 Å². The number of carbonyl (C=O) groups excluding carboxylic acids is 3. The predicted molar refractivity (Wildman–Crippen MR) is 131 cm³/mol. The molecule has 0 saturated heterocycles. The first-order chi connectivity index (χ1) is 17.1. The number of amides is 3. The number of fused-ring (bicyclic) bond motifs is 1. The van der Waals surface area contributed by atoms with Gasteiger partial charge in [-0.05, 0) is 25.8 Å². The van der Waals surface area contributed by atoms with Crippen molar-refractivity contribution in [2.24, 2.45) is 4.99 Å². The summed E-state index contributed by atoms with van der Waals surface area (Å²) in [5.74, 6) is -1.59. The van der Waals surface area contributed by atoms with E-state index in [1.807, 2.05) is 13.0 Å². The van der Waals surface area contributed by atoms with E-state index in [4.69, 9.17) is 0 Å². The summed E-state index contributed by atoms with van der Waals surface area (Å²) < 4.78 is 38.5. The van der Waals surface area contributed by atoms with Crippen molar-refractivity contribution in [3.63, 3.8) is 0 Å². The zero-order chi connectivity index (χ0) is 26.3. The fourth-order valence-corrected chi connectivity index (χ4v) is 3.88. The van der Waals surface area contributed by atoms with Crippen molar-refractivity contribution in [3.8, 4) is 0 Å². The number of nitrogens with zero attached hydrogens (tertiary/aromatic N) is 2. The number of benzodiazepines with no additional fused rings is 1. The Labute approximate surface area is 207 Å². The van der Waals surface area contributed by atoms with Gasteiger partial charge in [0, 0.05) is 30.5 Å². The molecule has 1 aliphatic heterocycles. The lowest BCUT2D eigenvalue weighted by Gasteiger charge is -2.26. The third-order valence-corrected chi connectivity index (χ3v) is 5.62. The fourth-order valence-electron chi connectivity index (χ4n) is 3.88. The van der Waals surface area contributed by atoms with E-state index in [-0.39, 0.29) is 25.3 Å². The van der Waals surface area contributed by atoms with Crippen LogP contribution in [0, 0.1) is 0 Å². The Bertz CT molecular complexity index is 1120. The lowest BCUT2D eigenvalue weighted by molar-refractivity contribution is -0.135. The van der Waals surface area contributed by atoms with E-state index >= 15 is 0 Å². The van der Waals surface area contributed by atoms with Crippen LogP contribution in [0.3, 0.4) is 0 Å². The molecular weight excluding hydrogens is 473 g/mol. The van der Waals surface area contributed by atoms with E-state index in [9.17, 15) is 27.6 Å². The maximum absolute atomic E-state index is 13.6. The molecule has 3 amide bonds. The van der Waals surface area contributed by atoms with Gasteiger partial charge in [-0.3, -0.25) is 14.4 Å². The largest absolute Gasteiger partial charge is 0.389 e. The van der Waals surface area contributed by atoms with Crippen LogP contribution in [-0.2, 0) is 14.4 Å². The standard InChI is InChI=1S/C26H29F3N4O3/c1-3-10-21(34)30-17(2)24(35)32-23-25(36)33(16-9-15-26(27,28)29)20-14-8-7-13-19(20)22(31-23)18-11-5-4-6-12-18/h4-8,11-14,17,23H,3,9-10,15-16H2,1-2H3,(H,30,34)(H,32,35)/t17-,23?/m0/s1. The number of nitrogens with one attached hydrogen (secondary N) is 2. The minimum atomic E-state index is -4.36. The van der Waals surface area contributed by atoms with E-state index in [2.05, 4.69) is 15.6 Å². The van der Waals surface area contributed by atoms with Gasteiger partial charge < -0.3 is 15.5 Å². The highest BCUT2D eigenvalue weighted by Gasteiger charge is 2.35. The van der Waals surface area contributed by atoms with Gasteiger partial charge >= 0.3 is 6.18 Å². The molecule has 2 aromatic rings. The lowest BCUT2D eigenvalue weighted by atomic mass is 10.00. The van der Waals surface area contributed by atoms with Gasteiger partial charge in [0.2, 0.25) is 18.0 Å². The fraction of sp³-hybridized carbons (Fsp3) is 0.385. The molecule has 2 atom stereocenters. The smallest absolute Gasteiger partial charge is 0.345 e. The van der Waals surface area contributed by atoms with E-state index in [1.165, 1.54) is 11.8 Å². The zero-order valence-corrected chi connectivity index (χ0v) is 20.1. The van der Waals surface area contributed by atoms with Crippen LogP contribution in [0.4, 0.5) is 18.9 Å². The minimum absolute atomic E-state index is 0.206. The summed E-state index contributed by atoms with van der Waals surface area (Å²) in [6.07, 6.45) is -6.26. The molecule has 0 fully saturated rings. The summed E-state index contributed by atoms with van der Waals surface area (Å²) >= 11 is 0. The molecule has 7 nitrogen and oxygen atoms in total. The Hall–Kier alpha value is -3.69. The highest BCUT2D eigenvalue weighted by molar-refractivity contribution is 6.20. The average molecular weight is 503 g/mol. The SMILES string of the molecule is CCCC(=O)N[C@@H](C)C(=O)NC1N=C(c2ccccc2)c2ccccc2N(CCCC(F)(F)F)C1=O. The molecule has 1 unspecified atom stereocenters. The summed E-state index contributed by atoms with van der Waals surface area (Å²) in [5, 5.41) is 5.15. The summed E-state index contributed by atoms with van der Waals surface area (Å²) in [4.78, 5) is 44.2. The third kappa shape index (κ3) is 6.93. The van der Waals surface area contributed by atoms with Gasteiger partial charge in [0.15, 0.2) is 0 Å². The molecule has 2 N–H and O–H groups in total. The van der Waals surface area contributed by atoms with Crippen molar-refractivity contribution in [3.05, 3.63) is 65.7 Å². The number of carbonyl (C=O) groups is 3. The third-order valence-electron chi connectivity index (χ3n) is 5.62. The van der Waals surface area contributed by atoms with Crippen molar-refractivity contribution in [1.82, 2.24) is 10.6 Å². The topological polar surface area (TPSA) is 90.9 Å². The average Bonchev–Trinajstić information content (AvgIpc) is 2.94. The molecule has 0 saturated carbocycles. The van der Waals surface area contributed by atoms with Gasteiger partial charge in [0.25, 0.3) is 5.91 Å². The van der Waals surface area contributed by atoms with Gasteiger partial charge in [-0.2, -0.15) is 13.2 Å². The first-order valence-electron chi connectivity index (χ1n) is 11.8. The molecule has 0 radical (unpaired) electrons. The molecular formula is C26H29F3N4O3. The van der Waals surface area contributed by atoms with Crippen LogP contribution < -0.4 is 15.5 Å². The van der Waals surface area contributed by atoms with Crippen molar-refractivity contribution < 1.29 is 27.6 Å². The highest BCUT2D eigenvalue weighted by Crippen LogP contribution is 2.29. The Morgan fingerprint density at radius 1 is 1.08 bits per heavy atom. The molecule has 0 spiro atoms. The summed E-state index contributed by atoms with van der Waals surface area (Å²) in [7, 11) is 0. The number of rotatable bonds is 9. The second-order valence-corrected chi connectivity index (χ2v) is 8.52. The van der Waals surface area contributed by atoms with Crippen molar-refractivity contribution in [1.29, 1.82) is 0 Å². The second kappa shape index (κ2) is 11.8. The number of benzene rings is 2. The molecule has 36 heavy (non-hydrogen) atoms. The molecule has 10 heteroatoms. The number of halogens is 3. The molecule has 1 aliphatic rings. The molecule has 0 bridgehead atoms.